The first kappa shape index (κ1) is 36.2. The lowest BCUT2D eigenvalue weighted by Gasteiger charge is -2.40. The number of benzene rings is 4. The van der Waals surface area contributed by atoms with Gasteiger partial charge < -0.3 is 34.5 Å². The van der Waals surface area contributed by atoms with Crippen molar-refractivity contribution in [2.24, 2.45) is 0 Å². The molecule has 2 aliphatic rings. The summed E-state index contributed by atoms with van der Waals surface area (Å²) in [6.07, 6.45) is 3.70. The molecule has 2 fully saturated rings. The van der Waals surface area contributed by atoms with Crippen molar-refractivity contribution in [3.05, 3.63) is 124 Å². The maximum Gasteiger partial charge on any atom is 0.410 e. The van der Waals surface area contributed by atoms with Crippen LogP contribution in [0.1, 0.15) is 58.6 Å². The number of hydrogen-bond donors (Lipinski definition) is 3. The number of halogens is 2. The quantitative estimate of drug-likeness (QED) is 0.133. The normalized spacial score (nSPS) is 15.6. The summed E-state index contributed by atoms with van der Waals surface area (Å²) in [7, 11) is 0. The second-order valence-electron chi connectivity index (χ2n) is 13.9. The summed E-state index contributed by atoms with van der Waals surface area (Å²) in [4.78, 5) is 51.7. The summed E-state index contributed by atoms with van der Waals surface area (Å²) in [5, 5.41) is 14.9. The summed E-state index contributed by atoms with van der Waals surface area (Å²) in [5.74, 6) is -1.59. The molecule has 6 aromatic rings. The number of aromatic nitrogens is 3. The molecule has 0 unspecified atom stereocenters. The molecule has 2 saturated heterocycles. The van der Waals surface area contributed by atoms with Crippen LogP contribution in [0.25, 0.3) is 33.4 Å². The number of H-pyrrole nitrogens is 1. The number of aromatic amines is 1. The molecule has 280 valence electrons. The van der Waals surface area contributed by atoms with E-state index in [2.05, 4.69) is 22.1 Å². The van der Waals surface area contributed by atoms with Crippen molar-refractivity contribution < 1.29 is 24.2 Å². The molecule has 1 atom stereocenters. The third kappa shape index (κ3) is 7.13. The van der Waals surface area contributed by atoms with E-state index in [0.717, 1.165) is 22.9 Å². The maximum absolute atomic E-state index is 14.8. The van der Waals surface area contributed by atoms with Gasteiger partial charge in [0.2, 0.25) is 0 Å². The van der Waals surface area contributed by atoms with Crippen LogP contribution < -0.4 is 10.2 Å². The predicted molar refractivity (Wildman–Crippen MR) is 214 cm³/mol. The van der Waals surface area contributed by atoms with E-state index in [1.165, 1.54) is 6.07 Å². The summed E-state index contributed by atoms with van der Waals surface area (Å²) < 4.78 is 7.33. The van der Waals surface area contributed by atoms with Gasteiger partial charge in [-0.15, -0.1) is 0 Å². The summed E-state index contributed by atoms with van der Waals surface area (Å²) >= 11 is 12.9. The maximum atomic E-state index is 14.8. The molecule has 0 aliphatic carbocycles. The molecule has 2 aromatic heterocycles. The van der Waals surface area contributed by atoms with Crippen molar-refractivity contribution in [1.82, 2.24) is 19.4 Å². The number of amides is 2. The molecule has 0 spiro atoms. The summed E-state index contributed by atoms with van der Waals surface area (Å²) in [6.45, 7) is 4.36. The van der Waals surface area contributed by atoms with Gasteiger partial charge in [0.15, 0.2) is 0 Å². The lowest BCUT2D eigenvalue weighted by molar-refractivity contribution is 0.0499. The Morgan fingerprint density at radius 1 is 0.945 bits per heavy atom. The molecule has 8 rings (SSSR count). The van der Waals surface area contributed by atoms with Crippen LogP contribution in [0.2, 0.25) is 10.0 Å². The van der Waals surface area contributed by atoms with Crippen LogP contribution in [0.5, 0.6) is 0 Å². The number of cyclic esters (lactones) is 1. The molecule has 2 aliphatic heterocycles. The zero-order chi connectivity index (χ0) is 38.2. The fourth-order valence-corrected chi connectivity index (χ4v) is 8.14. The number of rotatable bonds is 9. The molecule has 55 heavy (non-hydrogen) atoms. The second kappa shape index (κ2) is 15.2. The van der Waals surface area contributed by atoms with Crippen molar-refractivity contribution in [3.63, 3.8) is 0 Å². The Hall–Kier alpha value is -5.78. The van der Waals surface area contributed by atoms with Crippen LogP contribution in [-0.2, 0) is 4.74 Å². The zero-order valence-electron chi connectivity index (χ0n) is 30.0. The first-order chi connectivity index (χ1) is 26.7. The van der Waals surface area contributed by atoms with Gasteiger partial charge in [-0.3, -0.25) is 4.79 Å². The van der Waals surface area contributed by atoms with Crippen LogP contribution in [-0.4, -0.2) is 74.8 Å². The number of hydrogen-bond acceptors (Lipinski definition) is 6. The van der Waals surface area contributed by atoms with E-state index in [-0.39, 0.29) is 29.4 Å². The minimum Gasteiger partial charge on any atom is -0.478 e. The van der Waals surface area contributed by atoms with Crippen LogP contribution in [0, 0.1) is 0 Å². The smallest absolute Gasteiger partial charge is 0.410 e. The largest absolute Gasteiger partial charge is 0.478 e. The Kier molecular flexibility index (Phi) is 9.98. The van der Waals surface area contributed by atoms with E-state index in [4.69, 9.17) is 32.9 Å². The summed E-state index contributed by atoms with van der Waals surface area (Å²) in [5.41, 5.74) is 5.78. The lowest BCUT2D eigenvalue weighted by atomic mass is 9.99. The van der Waals surface area contributed by atoms with Crippen molar-refractivity contribution in [2.75, 3.05) is 36.5 Å². The Labute approximate surface area is 327 Å². The average molecular weight is 778 g/mol. The first-order valence-electron chi connectivity index (χ1n) is 18.2. The number of imidazole rings is 1. The highest BCUT2D eigenvalue weighted by atomic mass is 35.5. The van der Waals surface area contributed by atoms with E-state index in [9.17, 15) is 19.5 Å². The highest BCUT2D eigenvalue weighted by Gasteiger charge is 2.33. The topological polar surface area (TPSA) is 133 Å². The number of ether oxygens (including phenoxy) is 1. The van der Waals surface area contributed by atoms with Gasteiger partial charge in [0.05, 0.1) is 47.3 Å². The number of carboxylic acids is 1. The number of anilines is 2. The molecule has 13 heteroatoms. The number of carbonyl (C=O) groups excluding carboxylic acids is 2. The molecule has 4 aromatic carbocycles. The van der Waals surface area contributed by atoms with Crippen LogP contribution >= 0.6 is 23.2 Å². The third-order valence-corrected chi connectivity index (χ3v) is 11.0. The van der Waals surface area contributed by atoms with Gasteiger partial charge in [0.25, 0.3) is 5.91 Å². The van der Waals surface area contributed by atoms with E-state index in [1.54, 1.807) is 30.6 Å². The molecule has 0 bridgehead atoms. The lowest BCUT2D eigenvalue weighted by Crippen LogP contribution is -2.50. The van der Waals surface area contributed by atoms with E-state index >= 15 is 0 Å². The summed E-state index contributed by atoms with van der Waals surface area (Å²) in [6, 6.07) is 27.4. The molecule has 0 radical (unpaired) electrons. The van der Waals surface area contributed by atoms with Gasteiger partial charge in [-0.2, -0.15) is 0 Å². The number of piperidine rings is 1. The van der Waals surface area contributed by atoms with Gasteiger partial charge >= 0.3 is 12.1 Å². The van der Waals surface area contributed by atoms with Crippen molar-refractivity contribution in [1.29, 1.82) is 0 Å². The number of fused-ring (bicyclic) bond motifs is 1. The number of nitrogens with one attached hydrogen (secondary N) is 2. The van der Waals surface area contributed by atoms with Crippen LogP contribution in [0.15, 0.2) is 97.3 Å². The van der Waals surface area contributed by atoms with E-state index in [1.807, 2.05) is 70.1 Å². The Bertz CT molecular complexity index is 2420. The minimum absolute atomic E-state index is 0.0356. The monoisotopic (exact) mass is 776 g/mol. The van der Waals surface area contributed by atoms with Crippen molar-refractivity contribution in [3.8, 4) is 22.5 Å². The number of nitrogens with zero attached hydrogens (tertiary/aromatic N) is 4. The highest BCUT2D eigenvalue weighted by Crippen LogP contribution is 2.42. The highest BCUT2D eigenvalue weighted by molar-refractivity contribution is 6.31. The molecule has 0 saturated carbocycles. The van der Waals surface area contributed by atoms with Crippen LogP contribution in [0.3, 0.4) is 0 Å². The average Bonchev–Trinajstić information content (AvgIpc) is 3.80. The van der Waals surface area contributed by atoms with Crippen LogP contribution in [0.4, 0.5) is 16.2 Å². The standard InChI is InChI=1S/C42H38Cl2N6O5/c1-25(27-9-5-10-29(43)21-27)50-24-45-37(26-7-3-2-4-8-26)39(50)36-32-13-12-30(44)23-33(32)46-38(36)40(51)47-34-22-28(41(52)53)11-14-35(34)48-18-15-31(16-19-48)49-17-6-20-55-42(49)54/h2-5,7-14,21-25,31,46H,6,15-20H2,1H3,(H,47,51)(H,52,53)/t25-/m0/s1. The fourth-order valence-electron chi connectivity index (χ4n) is 7.77. The van der Waals surface area contributed by atoms with Gasteiger partial charge in [0.1, 0.15) is 5.69 Å². The Morgan fingerprint density at radius 3 is 2.47 bits per heavy atom. The molecule has 11 nitrogen and oxygen atoms in total. The number of aromatic carboxylic acids is 1. The van der Waals surface area contributed by atoms with Gasteiger partial charge in [-0.25, -0.2) is 14.6 Å². The fraction of sp³-hybridized carbons (Fsp3) is 0.238. The molecular formula is C42H38Cl2N6O5. The molecule has 2 amide bonds. The SMILES string of the molecule is C[C@@H](c1cccc(Cl)c1)n1cnc(-c2ccccc2)c1-c1c(C(=O)Nc2cc(C(=O)O)ccc2N2CCC(N3CCCOC3=O)CC2)[nH]c2cc(Cl)ccc12. The minimum atomic E-state index is -1.11. The third-order valence-electron chi connectivity index (χ3n) is 10.6. The van der Waals surface area contributed by atoms with Crippen molar-refractivity contribution in [2.45, 2.75) is 38.3 Å². The van der Waals surface area contributed by atoms with Gasteiger partial charge in [0, 0.05) is 57.8 Å². The molecule has 3 N–H and O–H groups in total. The van der Waals surface area contributed by atoms with E-state index < -0.39 is 11.9 Å². The second-order valence-corrected chi connectivity index (χ2v) is 14.8. The Morgan fingerprint density at radius 2 is 1.73 bits per heavy atom. The first-order valence-corrected chi connectivity index (χ1v) is 19.0. The Balaban J connectivity index is 1.22. The van der Waals surface area contributed by atoms with Gasteiger partial charge in [-0.05, 0) is 74.2 Å². The number of carbonyl (C=O) groups is 3. The van der Waals surface area contributed by atoms with E-state index in [0.29, 0.717) is 83.0 Å². The predicted octanol–water partition coefficient (Wildman–Crippen LogP) is 9.38. The molecular weight excluding hydrogens is 739 g/mol. The number of carboxylic acid groups (broad SMARTS) is 1. The zero-order valence-corrected chi connectivity index (χ0v) is 31.5. The molecule has 4 heterocycles. The van der Waals surface area contributed by atoms with Crippen molar-refractivity contribution >= 4 is 63.4 Å². The van der Waals surface area contributed by atoms with Gasteiger partial charge in [-0.1, -0.05) is 71.7 Å².